The number of fused-ring (bicyclic) bond motifs is 2. The fourth-order valence-electron chi connectivity index (χ4n) is 4.01. The first kappa shape index (κ1) is 11.0. The second-order valence-corrected chi connectivity index (χ2v) is 6.30. The summed E-state index contributed by atoms with van der Waals surface area (Å²) in [6, 6.07) is 0.403. The highest BCUT2D eigenvalue weighted by Crippen LogP contribution is 2.59. The van der Waals surface area contributed by atoms with E-state index in [0.29, 0.717) is 17.4 Å². The molecule has 4 rings (SSSR count). The molecule has 4 aliphatic rings. The fourth-order valence-corrected chi connectivity index (χ4v) is 4.01. The summed E-state index contributed by atoms with van der Waals surface area (Å²) in [6.07, 6.45) is 2.32. The molecule has 3 heteroatoms. The minimum absolute atomic E-state index is 0.113. The van der Waals surface area contributed by atoms with Crippen LogP contribution in [0, 0.1) is 17.3 Å². The zero-order valence-electron chi connectivity index (χ0n) is 10.4. The Morgan fingerprint density at radius 2 is 1.88 bits per heavy atom. The monoisotopic (exact) mass is 225 g/mol. The molecule has 0 radical (unpaired) electrons. The predicted octanol–water partition coefficient (Wildman–Crippen LogP) is 1.11. The Morgan fingerprint density at radius 1 is 1.19 bits per heavy atom. The van der Waals surface area contributed by atoms with Gasteiger partial charge in [-0.05, 0) is 30.1 Å². The maximum absolute atomic E-state index is 10.5. The van der Waals surface area contributed by atoms with Crippen molar-refractivity contribution in [2.75, 3.05) is 26.3 Å². The maximum atomic E-state index is 10.5. The molecule has 3 nitrogen and oxygen atoms in total. The first-order valence-electron chi connectivity index (χ1n) is 6.60. The van der Waals surface area contributed by atoms with Crippen molar-refractivity contribution in [2.45, 2.75) is 38.8 Å². The summed E-state index contributed by atoms with van der Waals surface area (Å²) in [6.45, 7) is 8.32. The molecule has 3 saturated carbocycles. The largest absolute Gasteiger partial charge is 0.391 e. The van der Waals surface area contributed by atoms with E-state index in [0.717, 1.165) is 32.2 Å². The van der Waals surface area contributed by atoms with Crippen LogP contribution in [-0.2, 0) is 4.74 Å². The predicted molar refractivity (Wildman–Crippen MR) is 62.2 cm³/mol. The molecule has 1 saturated heterocycles. The second kappa shape index (κ2) is 3.69. The fraction of sp³-hybridized carbons (Fsp3) is 1.00. The van der Waals surface area contributed by atoms with E-state index in [1.165, 1.54) is 12.8 Å². The standard InChI is InChI=1S/C13H23NO2/c1-13(2)9-7-10(13)12(15)11(8-9)14-3-5-16-6-4-14/h9-12,15H,3-8H2,1-2H3/t9-,10+,11-,12+/m1/s1. The second-order valence-electron chi connectivity index (χ2n) is 6.30. The van der Waals surface area contributed by atoms with Gasteiger partial charge in [0.2, 0.25) is 0 Å². The van der Waals surface area contributed by atoms with Crippen LogP contribution in [0.1, 0.15) is 26.7 Å². The highest BCUT2D eigenvalue weighted by Gasteiger charge is 2.58. The maximum Gasteiger partial charge on any atom is 0.0728 e. The number of morpholine rings is 1. The van der Waals surface area contributed by atoms with E-state index in [1.807, 2.05) is 0 Å². The number of hydrogen-bond acceptors (Lipinski definition) is 3. The van der Waals surface area contributed by atoms with Crippen LogP contribution in [0.5, 0.6) is 0 Å². The van der Waals surface area contributed by atoms with Gasteiger partial charge in [-0.1, -0.05) is 13.8 Å². The molecule has 0 amide bonds. The molecule has 0 aromatic heterocycles. The molecule has 16 heavy (non-hydrogen) atoms. The summed E-state index contributed by atoms with van der Waals surface area (Å²) < 4.78 is 5.38. The van der Waals surface area contributed by atoms with Crippen molar-refractivity contribution in [1.29, 1.82) is 0 Å². The van der Waals surface area contributed by atoms with Crippen LogP contribution in [0.25, 0.3) is 0 Å². The van der Waals surface area contributed by atoms with Gasteiger partial charge in [-0.3, -0.25) is 4.90 Å². The van der Waals surface area contributed by atoms with Gasteiger partial charge in [0.1, 0.15) is 0 Å². The summed E-state index contributed by atoms with van der Waals surface area (Å²) in [5.74, 6) is 1.35. The first-order chi connectivity index (χ1) is 7.60. The minimum Gasteiger partial charge on any atom is -0.391 e. The molecular formula is C13H23NO2. The van der Waals surface area contributed by atoms with Crippen molar-refractivity contribution in [3.8, 4) is 0 Å². The zero-order valence-corrected chi connectivity index (χ0v) is 10.4. The Labute approximate surface area is 97.8 Å². The molecule has 0 unspecified atom stereocenters. The third-order valence-electron chi connectivity index (χ3n) is 5.39. The van der Waals surface area contributed by atoms with E-state index < -0.39 is 0 Å². The van der Waals surface area contributed by atoms with Gasteiger partial charge in [-0.2, -0.15) is 0 Å². The van der Waals surface area contributed by atoms with Crippen molar-refractivity contribution in [1.82, 2.24) is 4.90 Å². The summed E-state index contributed by atoms with van der Waals surface area (Å²) in [5.41, 5.74) is 0.377. The molecule has 0 aromatic rings. The number of nitrogens with zero attached hydrogens (tertiary/aromatic N) is 1. The molecule has 92 valence electrons. The van der Waals surface area contributed by atoms with Gasteiger partial charge < -0.3 is 9.84 Å². The van der Waals surface area contributed by atoms with Gasteiger partial charge >= 0.3 is 0 Å². The lowest BCUT2D eigenvalue weighted by Gasteiger charge is -2.62. The van der Waals surface area contributed by atoms with Gasteiger partial charge in [0.05, 0.1) is 19.3 Å². The van der Waals surface area contributed by atoms with Crippen LogP contribution in [-0.4, -0.2) is 48.5 Å². The lowest BCUT2D eigenvalue weighted by molar-refractivity contribution is -0.183. The number of aliphatic hydroxyl groups excluding tert-OH is 1. The van der Waals surface area contributed by atoms with Crippen LogP contribution in [0.2, 0.25) is 0 Å². The smallest absolute Gasteiger partial charge is 0.0728 e. The van der Waals surface area contributed by atoms with Gasteiger partial charge in [0, 0.05) is 19.1 Å². The number of ether oxygens (including phenoxy) is 1. The number of aliphatic hydroxyl groups is 1. The summed E-state index contributed by atoms with van der Waals surface area (Å²) in [5, 5.41) is 10.5. The van der Waals surface area contributed by atoms with Crippen molar-refractivity contribution in [3.63, 3.8) is 0 Å². The molecule has 0 spiro atoms. The Hall–Kier alpha value is -0.120. The van der Waals surface area contributed by atoms with E-state index in [9.17, 15) is 5.11 Å². The van der Waals surface area contributed by atoms with Crippen LogP contribution in [0.15, 0.2) is 0 Å². The SMILES string of the molecule is CC1(C)[C@H]2C[C@@H](N3CCOCC3)[C@@H](O)[C@@H]1C2. The van der Waals surface area contributed by atoms with Gasteiger partial charge in [-0.15, -0.1) is 0 Å². The van der Waals surface area contributed by atoms with Crippen molar-refractivity contribution in [2.24, 2.45) is 17.3 Å². The Morgan fingerprint density at radius 3 is 2.44 bits per heavy atom. The first-order valence-corrected chi connectivity index (χ1v) is 6.60. The molecule has 1 N–H and O–H groups in total. The highest BCUT2D eigenvalue weighted by atomic mass is 16.5. The Kier molecular flexibility index (Phi) is 2.54. The van der Waals surface area contributed by atoms with E-state index >= 15 is 0 Å². The average molecular weight is 225 g/mol. The molecule has 0 aromatic carbocycles. The Balaban J connectivity index is 1.70. The number of hydrogen-bond donors (Lipinski definition) is 1. The molecule has 4 atom stereocenters. The third kappa shape index (κ3) is 1.45. The molecular weight excluding hydrogens is 202 g/mol. The zero-order chi connectivity index (χ0) is 11.3. The van der Waals surface area contributed by atoms with Crippen LogP contribution in [0.3, 0.4) is 0 Å². The van der Waals surface area contributed by atoms with Crippen LogP contribution in [0.4, 0.5) is 0 Å². The minimum atomic E-state index is -0.113. The molecule has 3 aliphatic carbocycles. The molecule has 2 bridgehead atoms. The van der Waals surface area contributed by atoms with E-state index in [4.69, 9.17) is 4.74 Å². The lowest BCUT2D eigenvalue weighted by Crippen LogP contribution is -2.65. The van der Waals surface area contributed by atoms with Crippen LogP contribution >= 0.6 is 0 Å². The summed E-state index contributed by atoms with van der Waals surface area (Å²) >= 11 is 0. The van der Waals surface area contributed by atoms with E-state index in [1.54, 1.807) is 0 Å². The van der Waals surface area contributed by atoms with Gasteiger partial charge in [0.25, 0.3) is 0 Å². The van der Waals surface area contributed by atoms with Gasteiger partial charge in [0.15, 0.2) is 0 Å². The molecule has 1 aliphatic heterocycles. The molecule has 4 fully saturated rings. The van der Waals surface area contributed by atoms with Gasteiger partial charge in [-0.25, -0.2) is 0 Å². The van der Waals surface area contributed by atoms with Crippen LogP contribution < -0.4 is 0 Å². The van der Waals surface area contributed by atoms with Crippen molar-refractivity contribution < 1.29 is 9.84 Å². The van der Waals surface area contributed by atoms with Crippen molar-refractivity contribution in [3.05, 3.63) is 0 Å². The lowest BCUT2D eigenvalue weighted by atomic mass is 9.46. The topological polar surface area (TPSA) is 32.7 Å². The average Bonchev–Trinajstić information content (AvgIpc) is 2.29. The highest BCUT2D eigenvalue weighted by molar-refractivity contribution is 5.09. The van der Waals surface area contributed by atoms with Crippen molar-refractivity contribution >= 4 is 0 Å². The molecule has 1 heterocycles. The van der Waals surface area contributed by atoms with E-state index in [-0.39, 0.29) is 6.10 Å². The normalized spacial score (nSPS) is 47.4. The third-order valence-corrected chi connectivity index (χ3v) is 5.39. The number of rotatable bonds is 1. The Bertz CT molecular complexity index is 273. The summed E-state index contributed by atoms with van der Waals surface area (Å²) in [4.78, 5) is 2.45. The van der Waals surface area contributed by atoms with E-state index in [2.05, 4.69) is 18.7 Å². The summed E-state index contributed by atoms with van der Waals surface area (Å²) in [7, 11) is 0. The quantitative estimate of drug-likeness (QED) is 0.726.